The molecule has 0 aliphatic rings. The monoisotopic (exact) mass is 336 g/mol. The lowest BCUT2D eigenvalue weighted by Crippen LogP contribution is -2.12. The molecule has 1 amide bonds. The average molecular weight is 336 g/mol. The number of benzene rings is 2. The molecule has 0 bridgehead atoms. The van der Waals surface area contributed by atoms with Gasteiger partial charge in [-0.15, -0.1) is 11.3 Å². The van der Waals surface area contributed by atoms with Crippen molar-refractivity contribution in [2.24, 2.45) is 0 Å². The van der Waals surface area contributed by atoms with E-state index in [0.29, 0.717) is 10.7 Å². The Morgan fingerprint density at radius 1 is 1.08 bits per heavy atom. The van der Waals surface area contributed by atoms with Crippen molar-refractivity contribution in [3.05, 3.63) is 70.6 Å². The van der Waals surface area contributed by atoms with Crippen LogP contribution in [0.25, 0.3) is 11.3 Å². The number of hydrogen-bond donors (Lipinski definition) is 1. The number of amides is 1. The van der Waals surface area contributed by atoms with Gasteiger partial charge in [0.25, 0.3) is 5.91 Å². The second-order valence-electron chi connectivity index (χ2n) is 5.68. The summed E-state index contributed by atoms with van der Waals surface area (Å²) in [7, 11) is 0. The van der Waals surface area contributed by atoms with Crippen molar-refractivity contribution in [3.63, 3.8) is 0 Å². The minimum atomic E-state index is -0.107. The summed E-state index contributed by atoms with van der Waals surface area (Å²) in [5, 5.41) is 3.61. The van der Waals surface area contributed by atoms with Gasteiger partial charge in [-0.1, -0.05) is 61.9 Å². The van der Waals surface area contributed by atoms with E-state index >= 15 is 0 Å². The fourth-order valence-corrected chi connectivity index (χ4v) is 3.70. The van der Waals surface area contributed by atoms with E-state index in [9.17, 15) is 4.79 Å². The van der Waals surface area contributed by atoms with E-state index in [1.807, 2.05) is 49.4 Å². The second kappa shape index (κ2) is 7.41. The Morgan fingerprint density at radius 3 is 2.50 bits per heavy atom. The molecule has 0 spiro atoms. The molecular weight excluding hydrogens is 316 g/mol. The van der Waals surface area contributed by atoms with Gasteiger partial charge in [-0.25, -0.2) is 4.98 Å². The molecule has 0 fully saturated rings. The van der Waals surface area contributed by atoms with Crippen LogP contribution in [-0.4, -0.2) is 10.9 Å². The van der Waals surface area contributed by atoms with Crippen molar-refractivity contribution < 1.29 is 4.79 Å². The number of rotatable bonds is 5. The average Bonchev–Trinajstić information content (AvgIpc) is 2.99. The van der Waals surface area contributed by atoms with Crippen LogP contribution in [-0.2, 0) is 6.42 Å². The zero-order valence-electron chi connectivity index (χ0n) is 13.9. The van der Waals surface area contributed by atoms with E-state index < -0.39 is 0 Å². The summed E-state index contributed by atoms with van der Waals surface area (Å²) in [5.74, 6) is -0.107. The Bertz CT molecular complexity index is 840. The van der Waals surface area contributed by atoms with Crippen LogP contribution in [0.2, 0.25) is 0 Å². The van der Waals surface area contributed by atoms with Crippen molar-refractivity contribution in [3.8, 4) is 11.3 Å². The number of nitrogens with one attached hydrogen (secondary N) is 1. The maximum absolute atomic E-state index is 12.5. The molecule has 0 saturated heterocycles. The van der Waals surface area contributed by atoms with Crippen molar-refractivity contribution in [2.45, 2.75) is 26.7 Å². The predicted molar refractivity (Wildman–Crippen MR) is 101 cm³/mol. The molecule has 3 rings (SSSR count). The van der Waals surface area contributed by atoms with E-state index in [0.717, 1.165) is 29.7 Å². The lowest BCUT2D eigenvalue weighted by molar-refractivity contribution is 0.102. The third kappa shape index (κ3) is 3.54. The molecule has 2 aromatic carbocycles. The SMILES string of the molecule is CCCc1sc(NC(=O)c2ccccc2C)nc1-c1ccccc1. The first-order valence-electron chi connectivity index (χ1n) is 8.11. The lowest BCUT2D eigenvalue weighted by Gasteiger charge is -2.04. The van der Waals surface area contributed by atoms with E-state index in [4.69, 9.17) is 0 Å². The van der Waals surface area contributed by atoms with Crippen molar-refractivity contribution in [1.82, 2.24) is 4.98 Å². The van der Waals surface area contributed by atoms with E-state index in [1.54, 1.807) is 11.3 Å². The third-order valence-electron chi connectivity index (χ3n) is 3.83. The molecule has 1 aromatic heterocycles. The van der Waals surface area contributed by atoms with Gasteiger partial charge in [-0.05, 0) is 25.0 Å². The Balaban J connectivity index is 1.89. The zero-order chi connectivity index (χ0) is 16.9. The van der Waals surface area contributed by atoms with Gasteiger partial charge < -0.3 is 0 Å². The second-order valence-corrected chi connectivity index (χ2v) is 6.76. The number of anilines is 1. The zero-order valence-corrected chi connectivity index (χ0v) is 14.7. The summed E-state index contributed by atoms with van der Waals surface area (Å²) < 4.78 is 0. The highest BCUT2D eigenvalue weighted by Crippen LogP contribution is 2.32. The number of aromatic nitrogens is 1. The van der Waals surface area contributed by atoms with Gasteiger partial charge in [0, 0.05) is 16.0 Å². The van der Waals surface area contributed by atoms with E-state index in [1.165, 1.54) is 4.88 Å². The van der Waals surface area contributed by atoms with E-state index in [-0.39, 0.29) is 5.91 Å². The van der Waals surface area contributed by atoms with Gasteiger partial charge in [0.15, 0.2) is 5.13 Å². The molecule has 4 heteroatoms. The van der Waals surface area contributed by atoms with Crippen molar-refractivity contribution in [2.75, 3.05) is 5.32 Å². The summed E-state index contributed by atoms with van der Waals surface area (Å²) in [5.41, 5.74) is 3.71. The first kappa shape index (κ1) is 16.4. The normalized spacial score (nSPS) is 10.6. The van der Waals surface area contributed by atoms with Gasteiger partial charge >= 0.3 is 0 Å². The Morgan fingerprint density at radius 2 is 1.79 bits per heavy atom. The molecule has 0 unspecified atom stereocenters. The molecule has 24 heavy (non-hydrogen) atoms. The van der Waals surface area contributed by atoms with Crippen LogP contribution in [0.3, 0.4) is 0 Å². The smallest absolute Gasteiger partial charge is 0.257 e. The maximum Gasteiger partial charge on any atom is 0.257 e. The third-order valence-corrected chi connectivity index (χ3v) is 4.86. The van der Waals surface area contributed by atoms with Gasteiger partial charge in [0.1, 0.15) is 0 Å². The fraction of sp³-hybridized carbons (Fsp3) is 0.200. The van der Waals surface area contributed by atoms with Crippen LogP contribution in [0.4, 0.5) is 5.13 Å². The number of hydrogen-bond acceptors (Lipinski definition) is 3. The lowest BCUT2D eigenvalue weighted by atomic mass is 10.1. The Hall–Kier alpha value is -2.46. The number of nitrogens with zero attached hydrogens (tertiary/aromatic N) is 1. The molecule has 0 aliphatic carbocycles. The highest BCUT2D eigenvalue weighted by Gasteiger charge is 2.15. The number of aryl methyl sites for hydroxylation is 2. The molecular formula is C20H20N2OS. The van der Waals surface area contributed by atoms with Gasteiger partial charge in [0.05, 0.1) is 5.69 Å². The van der Waals surface area contributed by atoms with Gasteiger partial charge in [-0.2, -0.15) is 0 Å². The fourth-order valence-electron chi connectivity index (χ4n) is 2.62. The molecule has 1 heterocycles. The number of carbonyl (C=O) groups excluding carboxylic acids is 1. The first-order valence-corrected chi connectivity index (χ1v) is 8.92. The Kier molecular flexibility index (Phi) is 5.06. The molecule has 122 valence electrons. The quantitative estimate of drug-likeness (QED) is 0.685. The summed E-state index contributed by atoms with van der Waals surface area (Å²) >= 11 is 1.56. The van der Waals surface area contributed by atoms with Crippen LogP contribution >= 0.6 is 11.3 Å². The highest BCUT2D eigenvalue weighted by molar-refractivity contribution is 7.16. The summed E-state index contributed by atoms with van der Waals surface area (Å²) in [4.78, 5) is 18.4. The molecule has 0 aliphatic heterocycles. The van der Waals surface area contributed by atoms with Crippen molar-refractivity contribution in [1.29, 1.82) is 0 Å². The van der Waals surface area contributed by atoms with E-state index in [2.05, 4.69) is 29.4 Å². The topological polar surface area (TPSA) is 42.0 Å². The number of carbonyl (C=O) groups is 1. The van der Waals surface area contributed by atoms with Crippen LogP contribution < -0.4 is 5.32 Å². The summed E-state index contributed by atoms with van der Waals surface area (Å²) in [6.45, 7) is 4.09. The maximum atomic E-state index is 12.5. The van der Waals surface area contributed by atoms with Crippen LogP contribution in [0.15, 0.2) is 54.6 Å². The molecule has 0 atom stereocenters. The standard InChI is InChI=1S/C20H20N2OS/c1-3-9-17-18(15-11-5-4-6-12-15)21-20(24-17)22-19(23)16-13-8-7-10-14(16)2/h4-8,10-13H,3,9H2,1-2H3,(H,21,22,23). The van der Waals surface area contributed by atoms with Crippen LogP contribution in [0.5, 0.6) is 0 Å². The van der Waals surface area contributed by atoms with Crippen molar-refractivity contribution >= 4 is 22.4 Å². The predicted octanol–water partition coefficient (Wildman–Crippen LogP) is 5.32. The van der Waals surface area contributed by atoms with Crippen LogP contribution in [0, 0.1) is 6.92 Å². The van der Waals surface area contributed by atoms with Gasteiger partial charge in [-0.3, -0.25) is 10.1 Å². The highest BCUT2D eigenvalue weighted by atomic mass is 32.1. The molecule has 1 N–H and O–H groups in total. The summed E-state index contributed by atoms with van der Waals surface area (Å²) in [6.07, 6.45) is 2.01. The van der Waals surface area contributed by atoms with Crippen LogP contribution in [0.1, 0.15) is 34.1 Å². The Labute approximate surface area is 146 Å². The molecule has 3 aromatic rings. The minimum Gasteiger partial charge on any atom is -0.298 e. The largest absolute Gasteiger partial charge is 0.298 e. The number of thiazole rings is 1. The molecule has 3 nitrogen and oxygen atoms in total. The van der Waals surface area contributed by atoms with Gasteiger partial charge in [0.2, 0.25) is 0 Å². The molecule has 0 radical (unpaired) electrons. The first-order chi connectivity index (χ1) is 11.7. The minimum absolute atomic E-state index is 0.107. The molecule has 0 saturated carbocycles. The summed E-state index contributed by atoms with van der Waals surface area (Å²) in [6, 6.07) is 17.7.